The first-order chi connectivity index (χ1) is 12.9. The van der Waals surface area contributed by atoms with Crippen LogP contribution in [-0.4, -0.2) is 12.5 Å². The number of halogens is 2. The third kappa shape index (κ3) is 4.59. The predicted octanol–water partition coefficient (Wildman–Crippen LogP) is 6.48. The van der Waals surface area contributed by atoms with Crippen LogP contribution in [0, 0.1) is 5.92 Å². The fourth-order valence-corrected chi connectivity index (χ4v) is 4.21. The standard InChI is InChI=1S/C22H25Cl2NO2/c1-15(2)14-27-18-8-6-17(7-9-18)25-21(26)22(11-3-4-12-22)19-10-5-16(23)13-20(19)24/h5-10,13,15H,3-4,11-12,14H2,1-2H3,(H,25,26). The summed E-state index contributed by atoms with van der Waals surface area (Å²) in [5.41, 5.74) is 1.02. The number of benzene rings is 2. The number of carbonyl (C=O) groups excluding carboxylic acids is 1. The summed E-state index contributed by atoms with van der Waals surface area (Å²) in [6.07, 6.45) is 3.59. The van der Waals surface area contributed by atoms with Gasteiger partial charge in [0, 0.05) is 15.7 Å². The van der Waals surface area contributed by atoms with E-state index in [-0.39, 0.29) is 5.91 Å². The first kappa shape index (κ1) is 20.0. The van der Waals surface area contributed by atoms with E-state index in [1.807, 2.05) is 30.3 Å². The zero-order valence-electron chi connectivity index (χ0n) is 15.7. The molecule has 0 aliphatic heterocycles. The molecule has 2 aromatic rings. The van der Waals surface area contributed by atoms with Gasteiger partial charge in [0.1, 0.15) is 5.75 Å². The van der Waals surface area contributed by atoms with Crippen LogP contribution in [0.4, 0.5) is 5.69 Å². The molecule has 0 unspecified atom stereocenters. The van der Waals surface area contributed by atoms with Crippen LogP contribution in [0.1, 0.15) is 45.1 Å². The van der Waals surface area contributed by atoms with Gasteiger partial charge in [-0.1, -0.05) is 56.0 Å². The maximum Gasteiger partial charge on any atom is 0.235 e. The van der Waals surface area contributed by atoms with Crippen LogP contribution >= 0.6 is 23.2 Å². The molecule has 0 heterocycles. The summed E-state index contributed by atoms with van der Waals surface area (Å²) in [6, 6.07) is 12.9. The van der Waals surface area contributed by atoms with Crippen molar-refractivity contribution in [3.05, 3.63) is 58.1 Å². The molecule has 0 radical (unpaired) electrons. The molecule has 1 N–H and O–H groups in total. The molecule has 1 aliphatic rings. The van der Waals surface area contributed by atoms with Crippen LogP contribution in [0.2, 0.25) is 10.0 Å². The largest absolute Gasteiger partial charge is 0.493 e. The summed E-state index contributed by atoms with van der Waals surface area (Å²) in [6.45, 7) is 4.89. The number of nitrogens with one attached hydrogen (secondary N) is 1. The molecular weight excluding hydrogens is 381 g/mol. The van der Waals surface area contributed by atoms with E-state index in [9.17, 15) is 4.79 Å². The highest BCUT2D eigenvalue weighted by atomic mass is 35.5. The summed E-state index contributed by atoms with van der Waals surface area (Å²) in [7, 11) is 0. The molecule has 27 heavy (non-hydrogen) atoms. The molecule has 0 atom stereocenters. The first-order valence-corrected chi connectivity index (χ1v) is 10.2. The van der Waals surface area contributed by atoms with Gasteiger partial charge in [-0.3, -0.25) is 4.79 Å². The van der Waals surface area contributed by atoms with Crippen molar-refractivity contribution in [2.75, 3.05) is 11.9 Å². The number of ether oxygens (including phenoxy) is 1. The highest BCUT2D eigenvalue weighted by molar-refractivity contribution is 6.35. The molecular formula is C22H25Cl2NO2. The maximum absolute atomic E-state index is 13.2. The van der Waals surface area contributed by atoms with Gasteiger partial charge in [-0.05, 0) is 60.7 Å². The van der Waals surface area contributed by atoms with Crippen LogP contribution in [0.15, 0.2) is 42.5 Å². The minimum Gasteiger partial charge on any atom is -0.493 e. The Morgan fingerprint density at radius 3 is 2.37 bits per heavy atom. The minimum atomic E-state index is -0.603. The van der Waals surface area contributed by atoms with Gasteiger partial charge < -0.3 is 10.1 Å². The smallest absolute Gasteiger partial charge is 0.235 e. The maximum atomic E-state index is 13.2. The van der Waals surface area contributed by atoms with Crippen molar-refractivity contribution in [3.8, 4) is 5.75 Å². The summed E-state index contributed by atoms with van der Waals surface area (Å²) in [5, 5.41) is 4.20. The van der Waals surface area contributed by atoms with Gasteiger partial charge in [0.2, 0.25) is 5.91 Å². The third-order valence-corrected chi connectivity index (χ3v) is 5.58. The minimum absolute atomic E-state index is 0.0138. The zero-order valence-corrected chi connectivity index (χ0v) is 17.2. The zero-order chi connectivity index (χ0) is 19.4. The molecule has 144 valence electrons. The Morgan fingerprint density at radius 1 is 1.11 bits per heavy atom. The molecule has 3 rings (SSSR count). The second-order valence-electron chi connectivity index (χ2n) is 7.60. The second kappa shape index (κ2) is 8.53. The number of hydrogen-bond donors (Lipinski definition) is 1. The van der Waals surface area contributed by atoms with Crippen molar-refractivity contribution >= 4 is 34.8 Å². The quantitative estimate of drug-likeness (QED) is 0.596. The fourth-order valence-electron chi connectivity index (χ4n) is 3.62. The molecule has 5 heteroatoms. The molecule has 0 aromatic heterocycles. The molecule has 0 saturated heterocycles. The molecule has 1 fully saturated rings. The summed E-state index contributed by atoms with van der Waals surface area (Å²) in [4.78, 5) is 13.2. The van der Waals surface area contributed by atoms with Crippen molar-refractivity contribution in [1.82, 2.24) is 0 Å². The Balaban J connectivity index is 1.78. The van der Waals surface area contributed by atoms with Gasteiger partial charge in [-0.15, -0.1) is 0 Å². The molecule has 1 aliphatic carbocycles. The number of amides is 1. The van der Waals surface area contributed by atoms with Crippen LogP contribution in [-0.2, 0) is 10.2 Å². The topological polar surface area (TPSA) is 38.3 Å². The Morgan fingerprint density at radius 2 is 1.78 bits per heavy atom. The predicted molar refractivity (Wildman–Crippen MR) is 112 cm³/mol. The molecule has 1 saturated carbocycles. The van der Waals surface area contributed by atoms with Crippen LogP contribution < -0.4 is 10.1 Å². The van der Waals surface area contributed by atoms with Crippen molar-refractivity contribution in [2.45, 2.75) is 44.9 Å². The highest BCUT2D eigenvalue weighted by Gasteiger charge is 2.44. The fraction of sp³-hybridized carbons (Fsp3) is 0.409. The van der Waals surface area contributed by atoms with Crippen molar-refractivity contribution < 1.29 is 9.53 Å². The second-order valence-corrected chi connectivity index (χ2v) is 8.44. The lowest BCUT2D eigenvalue weighted by molar-refractivity contribution is -0.121. The van der Waals surface area contributed by atoms with Crippen molar-refractivity contribution in [3.63, 3.8) is 0 Å². The summed E-state index contributed by atoms with van der Waals surface area (Å²) < 4.78 is 5.70. The molecule has 1 amide bonds. The van der Waals surface area contributed by atoms with E-state index in [0.29, 0.717) is 22.6 Å². The van der Waals surface area contributed by atoms with Crippen LogP contribution in [0.3, 0.4) is 0 Å². The van der Waals surface area contributed by atoms with Crippen LogP contribution in [0.5, 0.6) is 5.75 Å². The van der Waals surface area contributed by atoms with E-state index in [4.69, 9.17) is 27.9 Å². The van der Waals surface area contributed by atoms with Gasteiger partial charge in [-0.2, -0.15) is 0 Å². The molecule has 0 spiro atoms. The van der Waals surface area contributed by atoms with Crippen molar-refractivity contribution in [1.29, 1.82) is 0 Å². The van der Waals surface area contributed by atoms with Gasteiger partial charge in [0.25, 0.3) is 0 Å². The lowest BCUT2D eigenvalue weighted by Crippen LogP contribution is -2.38. The van der Waals surface area contributed by atoms with Gasteiger partial charge in [0.15, 0.2) is 0 Å². The van der Waals surface area contributed by atoms with Crippen LogP contribution in [0.25, 0.3) is 0 Å². The van der Waals surface area contributed by atoms with E-state index in [1.165, 1.54) is 0 Å². The Hall–Kier alpha value is -1.71. The Labute approximate surface area is 171 Å². The first-order valence-electron chi connectivity index (χ1n) is 9.40. The lowest BCUT2D eigenvalue weighted by atomic mass is 9.78. The summed E-state index contributed by atoms with van der Waals surface area (Å²) in [5.74, 6) is 1.26. The number of anilines is 1. The van der Waals surface area contributed by atoms with E-state index < -0.39 is 5.41 Å². The molecule has 0 bridgehead atoms. The van der Waals surface area contributed by atoms with Gasteiger partial charge >= 0.3 is 0 Å². The SMILES string of the molecule is CC(C)COc1ccc(NC(=O)C2(c3ccc(Cl)cc3Cl)CCCC2)cc1. The van der Waals surface area contributed by atoms with E-state index in [0.717, 1.165) is 42.7 Å². The van der Waals surface area contributed by atoms with Gasteiger partial charge in [-0.25, -0.2) is 0 Å². The number of hydrogen-bond acceptors (Lipinski definition) is 2. The Kier molecular flexibility index (Phi) is 6.33. The van der Waals surface area contributed by atoms with Gasteiger partial charge in [0.05, 0.1) is 12.0 Å². The number of rotatable bonds is 6. The lowest BCUT2D eigenvalue weighted by Gasteiger charge is -2.29. The number of carbonyl (C=O) groups is 1. The van der Waals surface area contributed by atoms with E-state index in [2.05, 4.69) is 19.2 Å². The third-order valence-electron chi connectivity index (χ3n) is 5.03. The average Bonchev–Trinajstić information content (AvgIpc) is 3.12. The van der Waals surface area contributed by atoms with E-state index >= 15 is 0 Å². The Bertz CT molecular complexity index is 796. The van der Waals surface area contributed by atoms with Crippen molar-refractivity contribution in [2.24, 2.45) is 5.92 Å². The summed E-state index contributed by atoms with van der Waals surface area (Å²) >= 11 is 12.5. The normalized spacial score (nSPS) is 15.7. The average molecular weight is 406 g/mol. The highest BCUT2D eigenvalue weighted by Crippen LogP contribution is 2.45. The van der Waals surface area contributed by atoms with E-state index in [1.54, 1.807) is 12.1 Å². The molecule has 3 nitrogen and oxygen atoms in total. The molecule has 2 aromatic carbocycles. The monoisotopic (exact) mass is 405 g/mol.